The van der Waals surface area contributed by atoms with Crippen LogP contribution in [0, 0.1) is 5.92 Å². The van der Waals surface area contributed by atoms with Crippen LogP contribution in [0.25, 0.3) is 0 Å². The molecule has 19 heavy (non-hydrogen) atoms. The molecule has 0 unspecified atom stereocenters. The molecule has 5 nitrogen and oxygen atoms in total. The highest BCUT2D eigenvalue weighted by molar-refractivity contribution is 5.93. The Kier molecular flexibility index (Phi) is 4.96. The maximum Gasteiger partial charge on any atom is 0.254 e. The smallest absolute Gasteiger partial charge is 0.254 e. The van der Waals surface area contributed by atoms with E-state index in [1.54, 1.807) is 17.1 Å². The van der Waals surface area contributed by atoms with Gasteiger partial charge in [0, 0.05) is 19.8 Å². The van der Waals surface area contributed by atoms with Crippen molar-refractivity contribution in [2.24, 2.45) is 13.0 Å². The van der Waals surface area contributed by atoms with Crippen molar-refractivity contribution in [3.63, 3.8) is 0 Å². The molecular formula is C14H24N4O. The van der Waals surface area contributed by atoms with Crippen LogP contribution >= 0.6 is 0 Å². The fourth-order valence-electron chi connectivity index (χ4n) is 2.43. The summed E-state index contributed by atoms with van der Waals surface area (Å²) in [5.74, 6) is 0.849. The van der Waals surface area contributed by atoms with Crippen LogP contribution in [0.4, 0.5) is 0 Å². The van der Waals surface area contributed by atoms with Gasteiger partial charge in [-0.25, -0.2) is 0 Å². The Balaban J connectivity index is 1.60. The van der Waals surface area contributed by atoms with E-state index >= 15 is 0 Å². The first kappa shape index (κ1) is 14.1. The summed E-state index contributed by atoms with van der Waals surface area (Å²) in [7, 11) is 1.81. The van der Waals surface area contributed by atoms with Crippen molar-refractivity contribution >= 4 is 5.91 Å². The standard InChI is InChI=1S/C14H24N4O/c1-12-4-8-18(9-5-12)7-3-6-15-14(19)13-10-16-17(2)11-13/h10-12H,3-9H2,1-2H3,(H,15,19). The molecule has 0 spiro atoms. The van der Waals surface area contributed by atoms with Crippen LogP contribution in [0.15, 0.2) is 12.4 Å². The molecule has 0 radical (unpaired) electrons. The predicted molar refractivity (Wildman–Crippen MR) is 75.0 cm³/mol. The molecule has 0 aromatic carbocycles. The molecule has 1 saturated heterocycles. The Hall–Kier alpha value is -1.36. The van der Waals surface area contributed by atoms with Gasteiger partial charge in [-0.1, -0.05) is 6.92 Å². The predicted octanol–water partition coefficient (Wildman–Crippen LogP) is 1.27. The summed E-state index contributed by atoms with van der Waals surface area (Å²) < 4.78 is 1.64. The highest BCUT2D eigenvalue weighted by atomic mass is 16.1. The molecule has 2 heterocycles. The van der Waals surface area contributed by atoms with Gasteiger partial charge in [0.25, 0.3) is 5.91 Å². The van der Waals surface area contributed by atoms with Crippen LogP contribution in [-0.2, 0) is 7.05 Å². The fourth-order valence-corrected chi connectivity index (χ4v) is 2.43. The zero-order valence-corrected chi connectivity index (χ0v) is 11.9. The Morgan fingerprint density at radius 2 is 2.21 bits per heavy atom. The minimum Gasteiger partial charge on any atom is -0.352 e. The van der Waals surface area contributed by atoms with Gasteiger partial charge in [-0.15, -0.1) is 0 Å². The summed E-state index contributed by atoms with van der Waals surface area (Å²) in [5.41, 5.74) is 0.634. The van der Waals surface area contributed by atoms with E-state index in [0.717, 1.165) is 25.4 Å². The Labute approximate surface area is 115 Å². The molecule has 1 aromatic heterocycles. The molecule has 0 bridgehead atoms. The first-order chi connectivity index (χ1) is 9.15. The number of aromatic nitrogens is 2. The van der Waals surface area contributed by atoms with Crippen LogP contribution < -0.4 is 5.32 Å². The molecule has 1 fully saturated rings. The first-order valence-electron chi connectivity index (χ1n) is 7.14. The average molecular weight is 264 g/mol. The molecule has 0 saturated carbocycles. The van der Waals surface area contributed by atoms with Crippen molar-refractivity contribution in [2.45, 2.75) is 26.2 Å². The fraction of sp³-hybridized carbons (Fsp3) is 0.714. The molecule has 106 valence electrons. The van der Waals surface area contributed by atoms with Crippen molar-refractivity contribution in [3.8, 4) is 0 Å². The molecule has 1 aromatic rings. The molecule has 1 N–H and O–H groups in total. The van der Waals surface area contributed by atoms with Crippen molar-refractivity contribution in [1.82, 2.24) is 20.0 Å². The molecule has 0 aliphatic carbocycles. The lowest BCUT2D eigenvalue weighted by Crippen LogP contribution is -2.35. The van der Waals surface area contributed by atoms with Crippen LogP contribution in [-0.4, -0.2) is 46.8 Å². The average Bonchev–Trinajstić information content (AvgIpc) is 2.83. The molecule has 1 amide bonds. The van der Waals surface area contributed by atoms with E-state index in [1.807, 2.05) is 7.05 Å². The Morgan fingerprint density at radius 3 is 2.84 bits per heavy atom. The molecule has 1 aliphatic rings. The topological polar surface area (TPSA) is 50.2 Å². The molecule has 0 atom stereocenters. The number of carbonyl (C=O) groups excluding carboxylic acids is 1. The number of nitrogens with one attached hydrogen (secondary N) is 1. The molecular weight excluding hydrogens is 240 g/mol. The third kappa shape index (κ3) is 4.35. The Morgan fingerprint density at radius 1 is 1.47 bits per heavy atom. The number of amides is 1. The van der Waals surface area contributed by atoms with Gasteiger partial charge < -0.3 is 10.2 Å². The highest BCUT2D eigenvalue weighted by Crippen LogP contribution is 2.15. The largest absolute Gasteiger partial charge is 0.352 e. The van der Waals surface area contributed by atoms with Gasteiger partial charge in [0.05, 0.1) is 11.8 Å². The van der Waals surface area contributed by atoms with E-state index in [0.29, 0.717) is 5.56 Å². The SMILES string of the molecule is CC1CCN(CCCNC(=O)c2cnn(C)c2)CC1. The number of rotatable bonds is 5. The van der Waals surface area contributed by atoms with E-state index in [4.69, 9.17) is 0 Å². The number of hydrogen-bond acceptors (Lipinski definition) is 3. The zero-order chi connectivity index (χ0) is 13.7. The lowest BCUT2D eigenvalue weighted by atomic mass is 9.99. The van der Waals surface area contributed by atoms with Crippen molar-refractivity contribution in [3.05, 3.63) is 18.0 Å². The minimum atomic E-state index is -0.0274. The third-order valence-electron chi connectivity index (χ3n) is 3.78. The maximum absolute atomic E-state index is 11.8. The minimum absolute atomic E-state index is 0.0274. The number of likely N-dealkylation sites (tertiary alicyclic amines) is 1. The molecule has 1 aliphatic heterocycles. The highest BCUT2D eigenvalue weighted by Gasteiger charge is 2.15. The molecule has 2 rings (SSSR count). The lowest BCUT2D eigenvalue weighted by Gasteiger charge is -2.30. The second-order valence-corrected chi connectivity index (χ2v) is 5.54. The monoisotopic (exact) mass is 264 g/mol. The van der Waals surface area contributed by atoms with Gasteiger partial charge in [-0.2, -0.15) is 5.10 Å². The van der Waals surface area contributed by atoms with Gasteiger partial charge in [0.15, 0.2) is 0 Å². The van der Waals surface area contributed by atoms with Crippen LogP contribution in [0.5, 0.6) is 0 Å². The Bertz CT molecular complexity index is 407. The number of piperidine rings is 1. The number of carbonyl (C=O) groups is 1. The van der Waals surface area contributed by atoms with Gasteiger partial charge in [0.1, 0.15) is 0 Å². The zero-order valence-electron chi connectivity index (χ0n) is 11.9. The van der Waals surface area contributed by atoms with Gasteiger partial charge in [-0.3, -0.25) is 9.48 Å². The van der Waals surface area contributed by atoms with E-state index in [2.05, 4.69) is 22.2 Å². The summed E-state index contributed by atoms with van der Waals surface area (Å²) in [6.45, 7) is 6.56. The van der Waals surface area contributed by atoms with Crippen molar-refractivity contribution < 1.29 is 4.79 Å². The second kappa shape index (κ2) is 6.70. The maximum atomic E-state index is 11.8. The van der Waals surface area contributed by atoms with Gasteiger partial charge in [0.2, 0.25) is 0 Å². The summed E-state index contributed by atoms with van der Waals surface area (Å²) >= 11 is 0. The van der Waals surface area contributed by atoms with E-state index in [9.17, 15) is 4.79 Å². The summed E-state index contributed by atoms with van der Waals surface area (Å²) in [6.07, 6.45) is 6.97. The van der Waals surface area contributed by atoms with Crippen LogP contribution in [0.2, 0.25) is 0 Å². The van der Waals surface area contributed by atoms with Gasteiger partial charge in [-0.05, 0) is 44.8 Å². The summed E-state index contributed by atoms with van der Waals surface area (Å²) in [6, 6.07) is 0. The van der Waals surface area contributed by atoms with E-state index in [1.165, 1.54) is 25.9 Å². The van der Waals surface area contributed by atoms with Gasteiger partial charge >= 0.3 is 0 Å². The number of hydrogen-bond donors (Lipinski definition) is 1. The number of aryl methyl sites for hydroxylation is 1. The lowest BCUT2D eigenvalue weighted by molar-refractivity contribution is 0.0950. The quantitative estimate of drug-likeness (QED) is 0.815. The van der Waals surface area contributed by atoms with E-state index in [-0.39, 0.29) is 5.91 Å². The van der Waals surface area contributed by atoms with Crippen molar-refractivity contribution in [1.29, 1.82) is 0 Å². The summed E-state index contributed by atoms with van der Waals surface area (Å²) in [5, 5.41) is 6.94. The second-order valence-electron chi connectivity index (χ2n) is 5.54. The normalized spacial score (nSPS) is 17.6. The molecule has 5 heteroatoms. The number of nitrogens with zero attached hydrogens (tertiary/aromatic N) is 3. The van der Waals surface area contributed by atoms with Crippen LogP contribution in [0.3, 0.4) is 0 Å². The third-order valence-corrected chi connectivity index (χ3v) is 3.78. The van der Waals surface area contributed by atoms with Crippen molar-refractivity contribution in [2.75, 3.05) is 26.2 Å². The van der Waals surface area contributed by atoms with Crippen LogP contribution in [0.1, 0.15) is 36.5 Å². The summed E-state index contributed by atoms with van der Waals surface area (Å²) in [4.78, 5) is 14.3. The first-order valence-corrected chi connectivity index (χ1v) is 7.14. The van der Waals surface area contributed by atoms with E-state index < -0.39 is 0 Å².